The Hall–Kier alpha value is -0.910. The normalized spacial score (nSPS) is 12.9. The van der Waals surface area contributed by atoms with Crippen LogP contribution < -0.4 is 0 Å². The quantitative estimate of drug-likeness (QED) is 0.408. The van der Waals surface area contributed by atoms with Crippen molar-refractivity contribution >= 4 is 5.97 Å². The number of hydrogen-bond donors (Lipinski definition) is 4. The largest absolute Gasteiger partial charge is 0.478 e. The molecule has 0 bridgehead atoms. The van der Waals surface area contributed by atoms with Gasteiger partial charge in [-0.15, -0.1) is 0 Å². The standard InChI is InChI=1S/C9H16O5/c1-6(9(13)14)8(5-12)2-7(3-10)4-11/h7-8,10-12H,1-5H2,(H,13,14). The van der Waals surface area contributed by atoms with Crippen molar-refractivity contribution in [2.45, 2.75) is 6.42 Å². The topological polar surface area (TPSA) is 98.0 Å². The van der Waals surface area contributed by atoms with Crippen molar-refractivity contribution in [3.05, 3.63) is 12.2 Å². The number of carbonyl (C=O) groups is 1. The van der Waals surface area contributed by atoms with Crippen LogP contribution in [0.5, 0.6) is 0 Å². The molecular formula is C9H16O5. The highest BCUT2D eigenvalue weighted by Gasteiger charge is 2.21. The van der Waals surface area contributed by atoms with Crippen molar-refractivity contribution in [1.29, 1.82) is 0 Å². The van der Waals surface area contributed by atoms with Gasteiger partial charge in [-0.2, -0.15) is 0 Å². The summed E-state index contributed by atoms with van der Waals surface area (Å²) in [5.41, 5.74) is -0.0978. The first kappa shape index (κ1) is 13.1. The molecule has 1 atom stereocenters. The van der Waals surface area contributed by atoms with Gasteiger partial charge in [0.25, 0.3) is 0 Å². The van der Waals surface area contributed by atoms with Crippen molar-refractivity contribution in [1.82, 2.24) is 0 Å². The molecule has 1 unspecified atom stereocenters. The van der Waals surface area contributed by atoms with Crippen LogP contribution >= 0.6 is 0 Å². The Morgan fingerprint density at radius 2 is 1.64 bits per heavy atom. The maximum Gasteiger partial charge on any atom is 0.331 e. The van der Waals surface area contributed by atoms with E-state index in [0.29, 0.717) is 0 Å². The van der Waals surface area contributed by atoms with Gasteiger partial charge in [0.2, 0.25) is 0 Å². The molecular weight excluding hydrogens is 188 g/mol. The van der Waals surface area contributed by atoms with Crippen LogP contribution in [0, 0.1) is 11.8 Å². The Morgan fingerprint density at radius 1 is 1.14 bits per heavy atom. The van der Waals surface area contributed by atoms with Crippen LogP contribution in [0.4, 0.5) is 0 Å². The van der Waals surface area contributed by atoms with Gasteiger partial charge >= 0.3 is 5.97 Å². The first-order chi connectivity index (χ1) is 6.56. The molecule has 0 rings (SSSR count). The molecule has 0 saturated heterocycles. The average molecular weight is 204 g/mol. The molecule has 82 valence electrons. The van der Waals surface area contributed by atoms with Gasteiger partial charge in [0.1, 0.15) is 0 Å². The number of aliphatic carboxylic acids is 1. The maximum atomic E-state index is 10.5. The molecule has 0 spiro atoms. The molecule has 5 nitrogen and oxygen atoms in total. The van der Waals surface area contributed by atoms with Gasteiger partial charge in [0.15, 0.2) is 0 Å². The summed E-state index contributed by atoms with van der Waals surface area (Å²) >= 11 is 0. The summed E-state index contributed by atoms with van der Waals surface area (Å²) in [6.07, 6.45) is 0.217. The molecule has 0 heterocycles. The van der Waals surface area contributed by atoms with Crippen LogP contribution in [0.3, 0.4) is 0 Å². The van der Waals surface area contributed by atoms with Crippen molar-refractivity contribution < 1.29 is 25.2 Å². The van der Waals surface area contributed by atoms with Crippen molar-refractivity contribution in [2.24, 2.45) is 11.8 Å². The zero-order chi connectivity index (χ0) is 11.1. The van der Waals surface area contributed by atoms with Gasteiger partial charge in [-0.25, -0.2) is 4.79 Å². The van der Waals surface area contributed by atoms with Gasteiger partial charge < -0.3 is 20.4 Å². The summed E-state index contributed by atoms with van der Waals surface area (Å²) in [7, 11) is 0. The van der Waals surface area contributed by atoms with E-state index in [1.54, 1.807) is 0 Å². The first-order valence-corrected chi connectivity index (χ1v) is 4.31. The zero-order valence-corrected chi connectivity index (χ0v) is 7.89. The van der Waals surface area contributed by atoms with E-state index >= 15 is 0 Å². The van der Waals surface area contributed by atoms with Gasteiger partial charge in [-0.1, -0.05) is 6.58 Å². The van der Waals surface area contributed by atoms with Crippen LogP contribution in [0.15, 0.2) is 12.2 Å². The molecule has 0 aliphatic rings. The van der Waals surface area contributed by atoms with Crippen LogP contribution in [-0.2, 0) is 4.79 Å². The molecule has 4 N–H and O–H groups in total. The highest BCUT2D eigenvalue weighted by Crippen LogP contribution is 2.18. The van der Waals surface area contributed by atoms with Crippen LogP contribution in [-0.4, -0.2) is 46.2 Å². The molecule has 0 aromatic heterocycles. The lowest BCUT2D eigenvalue weighted by Gasteiger charge is -2.18. The summed E-state index contributed by atoms with van der Waals surface area (Å²) in [5, 5.41) is 35.0. The van der Waals surface area contributed by atoms with E-state index in [4.69, 9.17) is 20.4 Å². The van der Waals surface area contributed by atoms with Crippen molar-refractivity contribution in [2.75, 3.05) is 19.8 Å². The monoisotopic (exact) mass is 204 g/mol. The second kappa shape index (κ2) is 6.53. The number of carboxylic acids is 1. The fourth-order valence-electron chi connectivity index (χ4n) is 1.11. The lowest BCUT2D eigenvalue weighted by molar-refractivity contribution is -0.133. The maximum absolute atomic E-state index is 10.5. The Balaban J connectivity index is 4.27. The van der Waals surface area contributed by atoms with E-state index in [2.05, 4.69) is 6.58 Å². The Kier molecular flexibility index (Phi) is 6.11. The molecule has 14 heavy (non-hydrogen) atoms. The summed E-state index contributed by atoms with van der Waals surface area (Å²) in [4.78, 5) is 10.5. The number of aliphatic hydroxyl groups is 3. The van der Waals surface area contributed by atoms with E-state index in [1.165, 1.54) is 0 Å². The Labute approximate surface area is 82.3 Å². The summed E-state index contributed by atoms with van der Waals surface area (Å²) < 4.78 is 0. The third-order valence-electron chi connectivity index (χ3n) is 2.12. The van der Waals surface area contributed by atoms with Gasteiger partial charge in [-0.3, -0.25) is 0 Å². The SMILES string of the molecule is C=C(C(=O)O)C(CO)CC(CO)CO. The smallest absolute Gasteiger partial charge is 0.331 e. The Bertz CT molecular complexity index is 197. The highest BCUT2D eigenvalue weighted by molar-refractivity contribution is 5.86. The molecule has 0 radical (unpaired) electrons. The second-order valence-corrected chi connectivity index (χ2v) is 3.18. The molecule has 0 fully saturated rings. The minimum atomic E-state index is -1.17. The number of aliphatic hydroxyl groups excluding tert-OH is 3. The minimum Gasteiger partial charge on any atom is -0.478 e. The third-order valence-corrected chi connectivity index (χ3v) is 2.12. The number of carboxylic acid groups (broad SMARTS) is 1. The predicted molar refractivity (Wildman–Crippen MR) is 49.6 cm³/mol. The van der Waals surface area contributed by atoms with E-state index in [9.17, 15) is 4.79 Å². The van der Waals surface area contributed by atoms with E-state index in [-0.39, 0.29) is 31.8 Å². The van der Waals surface area contributed by atoms with Gasteiger partial charge in [-0.05, 0) is 6.42 Å². The fourth-order valence-corrected chi connectivity index (χ4v) is 1.11. The van der Waals surface area contributed by atoms with Crippen molar-refractivity contribution in [3.8, 4) is 0 Å². The molecule has 0 aromatic rings. The first-order valence-electron chi connectivity index (χ1n) is 4.31. The molecule has 0 aliphatic carbocycles. The van der Waals surface area contributed by atoms with Crippen LogP contribution in [0.1, 0.15) is 6.42 Å². The second-order valence-electron chi connectivity index (χ2n) is 3.18. The van der Waals surface area contributed by atoms with E-state index < -0.39 is 17.8 Å². The van der Waals surface area contributed by atoms with Crippen LogP contribution in [0.2, 0.25) is 0 Å². The van der Waals surface area contributed by atoms with E-state index in [0.717, 1.165) is 0 Å². The molecule has 0 saturated carbocycles. The van der Waals surface area contributed by atoms with Crippen molar-refractivity contribution in [3.63, 3.8) is 0 Å². The molecule has 0 aliphatic heterocycles. The Morgan fingerprint density at radius 3 is 1.93 bits per heavy atom. The number of rotatable bonds is 7. The number of hydrogen-bond acceptors (Lipinski definition) is 4. The summed E-state index contributed by atoms with van der Waals surface area (Å²) in [5.74, 6) is -2.20. The molecule has 5 heteroatoms. The summed E-state index contributed by atoms with van der Waals surface area (Å²) in [6.45, 7) is 2.51. The van der Waals surface area contributed by atoms with Gasteiger partial charge in [0.05, 0.1) is 6.61 Å². The average Bonchev–Trinajstić information content (AvgIpc) is 2.19. The lowest BCUT2D eigenvalue weighted by Crippen LogP contribution is -2.22. The third kappa shape index (κ3) is 3.87. The van der Waals surface area contributed by atoms with Gasteiger partial charge in [0, 0.05) is 30.6 Å². The molecule has 0 aromatic carbocycles. The molecule has 0 amide bonds. The highest BCUT2D eigenvalue weighted by atomic mass is 16.4. The predicted octanol–water partition coefficient (Wildman–Crippen LogP) is -0.773. The lowest BCUT2D eigenvalue weighted by atomic mass is 9.90. The zero-order valence-electron chi connectivity index (χ0n) is 7.89. The fraction of sp³-hybridized carbons (Fsp3) is 0.667. The summed E-state index contributed by atoms with van der Waals surface area (Å²) in [6, 6.07) is 0. The van der Waals surface area contributed by atoms with Crippen LogP contribution in [0.25, 0.3) is 0 Å². The van der Waals surface area contributed by atoms with E-state index in [1.807, 2.05) is 0 Å². The minimum absolute atomic E-state index is 0.0978.